The van der Waals surface area contributed by atoms with Gasteiger partial charge in [0.15, 0.2) is 0 Å². The van der Waals surface area contributed by atoms with E-state index in [4.69, 9.17) is 0 Å². The van der Waals surface area contributed by atoms with Crippen molar-refractivity contribution < 1.29 is 18.1 Å². The van der Waals surface area contributed by atoms with Gasteiger partial charge in [-0.25, -0.2) is 8.42 Å². The summed E-state index contributed by atoms with van der Waals surface area (Å²) in [6, 6.07) is 5.07. The number of amides is 1. The standard InChI is InChI=1S/C20H24N4O5S/c1-13-10-14(2)19(15(3)11-13)30(28,29)23-8-5-16(6-9-23)20(25)22-17-4-7-21-12-18(17)24(26)27/h4,7,10-12,16H,5-6,8-9H2,1-3H3,(H,21,22,25). The molecule has 0 saturated carbocycles. The van der Waals surface area contributed by atoms with Gasteiger partial charge in [-0.2, -0.15) is 4.31 Å². The van der Waals surface area contributed by atoms with E-state index in [0.717, 1.165) is 11.8 Å². The molecule has 30 heavy (non-hydrogen) atoms. The van der Waals surface area contributed by atoms with Gasteiger partial charge in [0.05, 0.1) is 9.82 Å². The number of anilines is 1. The second-order valence-corrected chi connectivity index (χ2v) is 9.42. The van der Waals surface area contributed by atoms with Crippen molar-refractivity contribution in [2.45, 2.75) is 38.5 Å². The summed E-state index contributed by atoms with van der Waals surface area (Å²) in [4.78, 5) is 27.1. The van der Waals surface area contributed by atoms with Crippen molar-refractivity contribution in [3.05, 3.63) is 57.4 Å². The van der Waals surface area contributed by atoms with Crippen molar-refractivity contribution in [3.8, 4) is 0 Å². The topological polar surface area (TPSA) is 123 Å². The predicted octanol–water partition coefficient (Wildman–Crippen LogP) is 2.95. The Morgan fingerprint density at radius 3 is 2.37 bits per heavy atom. The van der Waals surface area contributed by atoms with E-state index in [1.807, 2.05) is 19.1 Å². The van der Waals surface area contributed by atoms with E-state index in [0.29, 0.717) is 28.9 Å². The van der Waals surface area contributed by atoms with E-state index in [1.165, 1.54) is 16.6 Å². The number of hydrogen-bond acceptors (Lipinski definition) is 6. The van der Waals surface area contributed by atoms with Crippen molar-refractivity contribution in [3.63, 3.8) is 0 Å². The molecule has 1 aromatic heterocycles. The monoisotopic (exact) mass is 432 g/mol. The maximum Gasteiger partial charge on any atom is 0.310 e. The number of piperidine rings is 1. The molecule has 0 aliphatic carbocycles. The zero-order chi connectivity index (χ0) is 22.1. The summed E-state index contributed by atoms with van der Waals surface area (Å²) in [5.74, 6) is -0.784. The van der Waals surface area contributed by atoms with Gasteiger partial charge in [0.1, 0.15) is 11.9 Å². The molecule has 0 unspecified atom stereocenters. The molecule has 1 aliphatic heterocycles. The summed E-state index contributed by atoms with van der Waals surface area (Å²) in [5, 5.41) is 13.7. The molecule has 1 aliphatic rings. The number of nitro groups is 1. The minimum Gasteiger partial charge on any atom is -0.320 e. The van der Waals surface area contributed by atoms with E-state index in [2.05, 4.69) is 10.3 Å². The molecule has 1 amide bonds. The van der Waals surface area contributed by atoms with E-state index in [1.54, 1.807) is 13.8 Å². The maximum atomic E-state index is 13.2. The normalized spacial score (nSPS) is 15.7. The highest BCUT2D eigenvalue weighted by molar-refractivity contribution is 7.89. The summed E-state index contributed by atoms with van der Waals surface area (Å²) in [6.07, 6.45) is 3.13. The minimum absolute atomic E-state index is 0.0842. The summed E-state index contributed by atoms with van der Waals surface area (Å²) >= 11 is 0. The summed E-state index contributed by atoms with van der Waals surface area (Å²) in [6.45, 7) is 5.92. The number of benzene rings is 1. The fourth-order valence-corrected chi connectivity index (χ4v) is 5.81. The van der Waals surface area contributed by atoms with Gasteiger partial charge >= 0.3 is 5.69 Å². The van der Waals surface area contributed by atoms with Crippen LogP contribution in [0.25, 0.3) is 0 Å². The van der Waals surface area contributed by atoms with Crippen molar-refractivity contribution in [1.82, 2.24) is 9.29 Å². The zero-order valence-electron chi connectivity index (χ0n) is 17.1. The number of aryl methyl sites for hydroxylation is 3. The fourth-order valence-electron chi connectivity index (χ4n) is 3.93. The largest absolute Gasteiger partial charge is 0.320 e. The molecule has 10 heteroatoms. The Kier molecular flexibility index (Phi) is 6.18. The van der Waals surface area contributed by atoms with Crippen LogP contribution in [0.4, 0.5) is 11.4 Å². The van der Waals surface area contributed by atoms with Gasteiger partial charge in [-0.1, -0.05) is 17.7 Å². The smallest absolute Gasteiger partial charge is 0.310 e. The Hall–Kier alpha value is -2.85. The van der Waals surface area contributed by atoms with E-state index < -0.39 is 20.9 Å². The molecule has 0 spiro atoms. The third-order valence-corrected chi connectivity index (χ3v) is 7.49. The van der Waals surface area contributed by atoms with Crippen LogP contribution in [-0.2, 0) is 14.8 Å². The number of aromatic nitrogens is 1. The van der Waals surface area contributed by atoms with E-state index in [9.17, 15) is 23.3 Å². The Bertz CT molecular complexity index is 1070. The number of rotatable bonds is 5. The predicted molar refractivity (Wildman–Crippen MR) is 112 cm³/mol. The van der Waals surface area contributed by atoms with Crippen molar-refractivity contribution in [1.29, 1.82) is 0 Å². The average Bonchev–Trinajstić information content (AvgIpc) is 2.67. The van der Waals surface area contributed by atoms with Crippen LogP contribution in [0, 0.1) is 36.8 Å². The first-order valence-electron chi connectivity index (χ1n) is 9.58. The number of carbonyl (C=O) groups excluding carboxylic acids is 1. The SMILES string of the molecule is Cc1cc(C)c(S(=O)(=O)N2CCC(C(=O)Nc3ccncc3[N+](=O)[O-])CC2)c(C)c1. The van der Waals surface area contributed by atoms with Crippen LogP contribution in [-0.4, -0.2) is 41.6 Å². The second kappa shape index (κ2) is 8.49. The van der Waals surface area contributed by atoms with Gasteiger partial charge in [-0.05, 0) is 50.8 Å². The number of sulfonamides is 1. The van der Waals surface area contributed by atoms with Gasteiger partial charge in [-0.15, -0.1) is 0 Å². The number of nitrogens with one attached hydrogen (secondary N) is 1. The highest BCUT2D eigenvalue weighted by Crippen LogP contribution is 2.30. The summed E-state index contributed by atoms with van der Waals surface area (Å²) in [7, 11) is -3.66. The van der Waals surface area contributed by atoms with Crippen molar-refractivity contribution >= 4 is 27.3 Å². The number of nitrogens with zero attached hydrogens (tertiary/aromatic N) is 3. The number of pyridine rings is 1. The molecule has 2 aromatic rings. The van der Waals surface area contributed by atoms with Crippen molar-refractivity contribution in [2.24, 2.45) is 5.92 Å². The number of hydrogen-bond donors (Lipinski definition) is 1. The number of carbonyl (C=O) groups is 1. The quantitative estimate of drug-likeness (QED) is 0.572. The Labute approximate surface area is 175 Å². The lowest BCUT2D eigenvalue weighted by atomic mass is 9.97. The lowest BCUT2D eigenvalue weighted by molar-refractivity contribution is -0.384. The van der Waals surface area contributed by atoms with Gasteiger partial charge in [-0.3, -0.25) is 19.9 Å². The molecule has 0 atom stereocenters. The van der Waals surface area contributed by atoms with Gasteiger partial charge in [0.2, 0.25) is 15.9 Å². The Balaban J connectivity index is 1.71. The lowest BCUT2D eigenvalue weighted by Crippen LogP contribution is -2.41. The molecule has 1 aromatic carbocycles. The molecule has 0 radical (unpaired) electrons. The molecular weight excluding hydrogens is 408 g/mol. The van der Waals surface area contributed by atoms with Crippen LogP contribution in [0.1, 0.15) is 29.5 Å². The summed E-state index contributed by atoms with van der Waals surface area (Å²) < 4.78 is 27.8. The molecule has 1 fully saturated rings. The highest BCUT2D eigenvalue weighted by atomic mass is 32.2. The Morgan fingerprint density at radius 1 is 1.20 bits per heavy atom. The maximum absolute atomic E-state index is 13.2. The molecule has 0 bridgehead atoms. The van der Waals surface area contributed by atoms with Crippen LogP contribution in [0.2, 0.25) is 0 Å². The minimum atomic E-state index is -3.66. The average molecular weight is 433 g/mol. The molecule has 1 saturated heterocycles. The van der Waals surface area contributed by atoms with E-state index in [-0.39, 0.29) is 30.4 Å². The van der Waals surface area contributed by atoms with E-state index >= 15 is 0 Å². The zero-order valence-corrected chi connectivity index (χ0v) is 17.9. The van der Waals surface area contributed by atoms with Crippen LogP contribution >= 0.6 is 0 Å². The van der Waals surface area contributed by atoms with Crippen molar-refractivity contribution in [2.75, 3.05) is 18.4 Å². The van der Waals surface area contributed by atoms with Gasteiger partial charge in [0.25, 0.3) is 0 Å². The van der Waals surface area contributed by atoms with Crippen LogP contribution in [0.5, 0.6) is 0 Å². The van der Waals surface area contributed by atoms with Gasteiger partial charge < -0.3 is 5.32 Å². The Morgan fingerprint density at radius 2 is 1.80 bits per heavy atom. The first-order valence-corrected chi connectivity index (χ1v) is 11.0. The first kappa shape index (κ1) is 21.8. The second-order valence-electron chi connectivity index (χ2n) is 7.55. The third-order valence-electron chi connectivity index (χ3n) is 5.28. The lowest BCUT2D eigenvalue weighted by Gasteiger charge is -2.31. The highest BCUT2D eigenvalue weighted by Gasteiger charge is 2.34. The van der Waals surface area contributed by atoms with Crippen LogP contribution in [0.15, 0.2) is 35.5 Å². The molecule has 9 nitrogen and oxygen atoms in total. The molecular formula is C20H24N4O5S. The molecule has 160 valence electrons. The third kappa shape index (κ3) is 4.34. The molecule has 3 rings (SSSR count). The summed E-state index contributed by atoms with van der Waals surface area (Å²) in [5.41, 5.74) is 2.22. The molecule has 2 heterocycles. The van der Waals surface area contributed by atoms with Crippen LogP contribution in [0.3, 0.4) is 0 Å². The van der Waals surface area contributed by atoms with Gasteiger partial charge in [0, 0.05) is 25.2 Å². The first-order chi connectivity index (χ1) is 14.1. The molecule has 1 N–H and O–H groups in total. The fraction of sp³-hybridized carbons (Fsp3) is 0.400. The van der Waals surface area contributed by atoms with Crippen LogP contribution < -0.4 is 5.32 Å².